The Labute approximate surface area is 113 Å². The number of hydrogen-bond donors (Lipinski definition) is 3. The first kappa shape index (κ1) is 14.8. The number of primary amides is 1. The number of carbonyl (C=O) groups excluding carboxylic acids is 3. The van der Waals surface area contributed by atoms with Crippen LogP contribution in [0.5, 0.6) is 0 Å². The van der Waals surface area contributed by atoms with Crippen LogP contribution < -0.4 is 16.8 Å². The Hall–Kier alpha value is -2.28. The minimum atomic E-state index is -1.20. The van der Waals surface area contributed by atoms with E-state index in [1.165, 1.54) is 25.1 Å². The number of amides is 3. The van der Waals surface area contributed by atoms with E-state index in [1.54, 1.807) is 5.32 Å². The summed E-state index contributed by atoms with van der Waals surface area (Å²) in [5.41, 5.74) is 10.5. The molecule has 0 fully saturated rings. The number of nitrogens with two attached hydrogens (primary N) is 2. The number of esters is 1. The Morgan fingerprint density at radius 2 is 2.00 bits per heavy atom. The third-order valence-corrected chi connectivity index (χ3v) is 2.50. The van der Waals surface area contributed by atoms with Crippen LogP contribution in [0.1, 0.15) is 17.3 Å². The summed E-state index contributed by atoms with van der Waals surface area (Å²) in [5, 5.41) is 1.99. The molecule has 1 aromatic rings. The molecule has 1 aromatic carbocycles. The first-order valence-electron chi connectivity index (χ1n) is 5.18. The highest BCUT2D eigenvalue weighted by Crippen LogP contribution is 2.23. The van der Waals surface area contributed by atoms with Gasteiger partial charge in [-0.2, -0.15) is 0 Å². The Morgan fingerprint density at radius 1 is 1.37 bits per heavy atom. The maximum Gasteiger partial charge on any atom is 0.341 e. The lowest BCUT2D eigenvalue weighted by Gasteiger charge is -2.13. The highest BCUT2D eigenvalue weighted by Gasteiger charge is 2.21. The third-order valence-electron chi connectivity index (χ3n) is 2.17. The van der Waals surface area contributed by atoms with Gasteiger partial charge in [0, 0.05) is 0 Å². The van der Waals surface area contributed by atoms with Gasteiger partial charge in [-0.1, -0.05) is 17.7 Å². The number of para-hydroxylation sites is 1. The fourth-order valence-corrected chi connectivity index (χ4v) is 1.39. The van der Waals surface area contributed by atoms with Crippen molar-refractivity contribution in [2.75, 3.05) is 5.73 Å². The molecule has 0 aliphatic heterocycles. The predicted octanol–water partition coefficient (Wildman–Crippen LogP) is 0.662. The van der Waals surface area contributed by atoms with Gasteiger partial charge in [0.05, 0.1) is 16.3 Å². The van der Waals surface area contributed by atoms with Crippen molar-refractivity contribution < 1.29 is 19.1 Å². The van der Waals surface area contributed by atoms with Crippen LogP contribution in [0.3, 0.4) is 0 Å². The van der Waals surface area contributed by atoms with Crippen LogP contribution in [0.2, 0.25) is 5.02 Å². The van der Waals surface area contributed by atoms with Crippen LogP contribution in [0.15, 0.2) is 18.2 Å². The SMILES string of the molecule is CC(OC(=O)c1cccc(Cl)c1N)C(=O)NC(N)=O. The van der Waals surface area contributed by atoms with Gasteiger partial charge in [0.1, 0.15) is 0 Å². The topological polar surface area (TPSA) is 125 Å². The van der Waals surface area contributed by atoms with Crippen LogP contribution in [0.25, 0.3) is 0 Å². The molecule has 0 aliphatic carbocycles. The number of imide groups is 1. The number of nitrogen functional groups attached to an aromatic ring is 1. The molecule has 3 amide bonds. The lowest BCUT2D eigenvalue weighted by Crippen LogP contribution is -2.42. The maximum atomic E-state index is 11.8. The third kappa shape index (κ3) is 3.85. The minimum Gasteiger partial charge on any atom is -0.449 e. The Bertz CT molecular complexity index is 533. The number of rotatable bonds is 3. The molecule has 7 nitrogen and oxygen atoms in total. The first-order valence-corrected chi connectivity index (χ1v) is 5.56. The molecule has 0 aromatic heterocycles. The molecular weight excluding hydrogens is 274 g/mol. The number of urea groups is 1. The number of nitrogens with one attached hydrogen (secondary N) is 1. The largest absolute Gasteiger partial charge is 0.449 e. The Balaban J connectivity index is 2.77. The van der Waals surface area contributed by atoms with Gasteiger partial charge in [-0.15, -0.1) is 0 Å². The smallest absolute Gasteiger partial charge is 0.341 e. The van der Waals surface area contributed by atoms with E-state index in [-0.39, 0.29) is 16.3 Å². The summed E-state index contributed by atoms with van der Waals surface area (Å²) < 4.78 is 4.84. The van der Waals surface area contributed by atoms with Crippen molar-refractivity contribution >= 4 is 35.2 Å². The molecule has 0 aliphatic rings. The fourth-order valence-electron chi connectivity index (χ4n) is 1.22. The lowest BCUT2D eigenvalue weighted by molar-refractivity contribution is -0.127. The first-order chi connectivity index (χ1) is 8.82. The van der Waals surface area contributed by atoms with Crippen LogP contribution in [0.4, 0.5) is 10.5 Å². The minimum absolute atomic E-state index is 0.0335. The molecule has 8 heteroatoms. The van der Waals surface area contributed by atoms with E-state index in [0.717, 1.165) is 0 Å². The van der Waals surface area contributed by atoms with Crippen LogP contribution in [0, 0.1) is 0 Å². The Morgan fingerprint density at radius 3 is 2.58 bits per heavy atom. The van der Waals surface area contributed by atoms with Crippen molar-refractivity contribution in [2.45, 2.75) is 13.0 Å². The molecule has 5 N–H and O–H groups in total. The second-order valence-corrected chi connectivity index (χ2v) is 4.01. The second-order valence-electron chi connectivity index (χ2n) is 3.60. The summed E-state index contributed by atoms with van der Waals surface area (Å²) >= 11 is 5.75. The predicted molar refractivity (Wildman–Crippen MR) is 68.5 cm³/mol. The van der Waals surface area contributed by atoms with Gasteiger partial charge < -0.3 is 16.2 Å². The molecule has 0 bridgehead atoms. The summed E-state index contributed by atoms with van der Waals surface area (Å²) in [6.45, 7) is 1.29. The van der Waals surface area contributed by atoms with E-state index < -0.39 is 24.0 Å². The highest BCUT2D eigenvalue weighted by atomic mass is 35.5. The lowest BCUT2D eigenvalue weighted by atomic mass is 10.2. The standard InChI is InChI=1S/C11H12ClN3O4/c1-5(9(16)15-11(14)18)19-10(17)6-3-2-4-7(12)8(6)13/h2-5H,13H2,1H3,(H3,14,15,16,18). The molecule has 102 valence electrons. The van der Waals surface area contributed by atoms with Gasteiger partial charge in [0.25, 0.3) is 5.91 Å². The maximum absolute atomic E-state index is 11.8. The van der Waals surface area contributed by atoms with E-state index in [4.69, 9.17) is 27.8 Å². The van der Waals surface area contributed by atoms with Crippen LogP contribution >= 0.6 is 11.6 Å². The summed E-state index contributed by atoms with van der Waals surface area (Å²) in [6, 6.07) is 3.40. The van der Waals surface area contributed by atoms with Gasteiger partial charge in [0.15, 0.2) is 6.10 Å². The normalized spacial score (nSPS) is 11.5. The van der Waals surface area contributed by atoms with Crippen molar-refractivity contribution in [3.8, 4) is 0 Å². The molecule has 0 radical (unpaired) electrons. The van der Waals surface area contributed by atoms with Gasteiger partial charge in [-0.05, 0) is 19.1 Å². The average molecular weight is 286 g/mol. The molecule has 0 saturated carbocycles. The second kappa shape index (κ2) is 6.05. The number of carbonyl (C=O) groups is 3. The summed E-state index contributed by atoms with van der Waals surface area (Å²) in [6.07, 6.45) is -1.20. The number of halogens is 1. The molecule has 0 saturated heterocycles. The molecule has 1 atom stereocenters. The van der Waals surface area contributed by atoms with E-state index in [2.05, 4.69) is 0 Å². The van der Waals surface area contributed by atoms with Gasteiger partial charge in [-0.3, -0.25) is 10.1 Å². The monoisotopic (exact) mass is 285 g/mol. The van der Waals surface area contributed by atoms with E-state index in [0.29, 0.717) is 0 Å². The van der Waals surface area contributed by atoms with Gasteiger partial charge in [-0.25, -0.2) is 9.59 Å². The summed E-state index contributed by atoms with van der Waals surface area (Å²) in [5.74, 6) is -1.66. The van der Waals surface area contributed by atoms with Gasteiger partial charge in [0.2, 0.25) is 0 Å². The molecule has 0 heterocycles. The quantitative estimate of drug-likeness (QED) is 0.556. The van der Waals surface area contributed by atoms with E-state index in [1.807, 2.05) is 0 Å². The average Bonchev–Trinajstić information content (AvgIpc) is 2.31. The zero-order chi connectivity index (χ0) is 14.6. The van der Waals surface area contributed by atoms with Crippen molar-refractivity contribution in [3.05, 3.63) is 28.8 Å². The Kier molecular flexibility index (Phi) is 4.71. The number of hydrogen-bond acceptors (Lipinski definition) is 5. The molecule has 19 heavy (non-hydrogen) atoms. The van der Waals surface area contributed by atoms with Crippen molar-refractivity contribution in [3.63, 3.8) is 0 Å². The number of anilines is 1. The van der Waals surface area contributed by atoms with Crippen molar-refractivity contribution in [1.82, 2.24) is 5.32 Å². The van der Waals surface area contributed by atoms with Crippen molar-refractivity contribution in [1.29, 1.82) is 0 Å². The van der Waals surface area contributed by atoms with Crippen LogP contribution in [-0.2, 0) is 9.53 Å². The highest BCUT2D eigenvalue weighted by molar-refractivity contribution is 6.33. The summed E-state index contributed by atoms with van der Waals surface area (Å²) in [4.78, 5) is 33.6. The number of ether oxygens (including phenoxy) is 1. The summed E-state index contributed by atoms with van der Waals surface area (Å²) in [7, 11) is 0. The van der Waals surface area contributed by atoms with E-state index in [9.17, 15) is 14.4 Å². The van der Waals surface area contributed by atoms with Gasteiger partial charge >= 0.3 is 12.0 Å². The molecule has 1 unspecified atom stereocenters. The van der Waals surface area contributed by atoms with Crippen molar-refractivity contribution in [2.24, 2.45) is 5.73 Å². The molecular formula is C11H12ClN3O4. The molecule has 1 rings (SSSR count). The zero-order valence-electron chi connectivity index (χ0n) is 9.98. The van der Waals surface area contributed by atoms with Crippen LogP contribution in [-0.4, -0.2) is 24.0 Å². The van der Waals surface area contributed by atoms with E-state index >= 15 is 0 Å². The zero-order valence-corrected chi connectivity index (χ0v) is 10.7. The molecule has 0 spiro atoms. The fraction of sp³-hybridized carbons (Fsp3) is 0.182. The number of benzene rings is 1.